The third-order valence-electron chi connectivity index (χ3n) is 3.42. The van der Waals surface area contributed by atoms with E-state index in [-0.39, 0.29) is 11.7 Å². The van der Waals surface area contributed by atoms with E-state index in [9.17, 15) is 9.18 Å². The summed E-state index contributed by atoms with van der Waals surface area (Å²) in [6.07, 6.45) is 0. The Morgan fingerprint density at radius 1 is 1.22 bits per heavy atom. The van der Waals surface area contributed by atoms with Crippen LogP contribution in [0.4, 0.5) is 10.1 Å². The van der Waals surface area contributed by atoms with Crippen LogP contribution in [0.1, 0.15) is 16.1 Å². The van der Waals surface area contributed by atoms with Crippen molar-refractivity contribution in [3.05, 3.63) is 70.6 Å². The van der Waals surface area contributed by atoms with Crippen LogP contribution in [0.5, 0.6) is 0 Å². The number of para-hydroxylation sites is 1. The molecule has 0 aliphatic heterocycles. The molecular weight excluding hydrogens is 317 g/mol. The van der Waals surface area contributed by atoms with Gasteiger partial charge >= 0.3 is 0 Å². The van der Waals surface area contributed by atoms with Gasteiger partial charge in [-0.25, -0.2) is 4.39 Å². The van der Waals surface area contributed by atoms with E-state index >= 15 is 0 Å². The number of nitrogens with zero attached hydrogens (tertiary/aromatic N) is 1. The Bertz CT molecular complexity index is 838. The lowest BCUT2D eigenvalue weighted by atomic mass is 10.1. The molecule has 0 spiro atoms. The first-order valence-electron chi connectivity index (χ1n) is 6.92. The van der Waals surface area contributed by atoms with Gasteiger partial charge < -0.3 is 5.32 Å². The topological polar surface area (TPSA) is 57.8 Å². The molecule has 3 aromatic rings. The van der Waals surface area contributed by atoms with Gasteiger partial charge in [-0.2, -0.15) is 5.10 Å². The van der Waals surface area contributed by atoms with Gasteiger partial charge in [-0.3, -0.25) is 9.89 Å². The fourth-order valence-corrected chi connectivity index (χ4v) is 2.45. The molecule has 0 aliphatic carbocycles. The molecule has 0 bridgehead atoms. The van der Waals surface area contributed by atoms with Gasteiger partial charge in [0, 0.05) is 5.56 Å². The molecule has 2 N–H and O–H groups in total. The number of carbonyl (C=O) groups is 1. The standard InChI is InChI=1S/C17H13ClFN3O/c1-10-3-2-4-13(18)16(10)20-17(23)15-9-14(21-22-15)11-5-7-12(19)8-6-11/h2-9H,1H3,(H,20,23)(H,21,22). The Hall–Kier alpha value is -2.66. The summed E-state index contributed by atoms with van der Waals surface area (Å²) in [7, 11) is 0. The molecule has 3 rings (SSSR count). The first-order chi connectivity index (χ1) is 11.0. The Balaban J connectivity index is 1.83. The molecule has 23 heavy (non-hydrogen) atoms. The number of benzene rings is 2. The zero-order valence-corrected chi connectivity index (χ0v) is 13.0. The largest absolute Gasteiger partial charge is 0.319 e. The molecule has 4 nitrogen and oxygen atoms in total. The Morgan fingerprint density at radius 2 is 1.96 bits per heavy atom. The molecule has 0 atom stereocenters. The molecule has 6 heteroatoms. The number of nitrogens with one attached hydrogen (secondary N) is 2. The molecule has 0 radical (unpaired) electrons. The molecular formula is C17H13ClFN3O. The highest BCUT2D eigenvalue weighted by Gasteiger charge is 2.14. The fraction of sp³-hybridized carbons (Fsp3) is 0.0588. The fourth-order valence-electron chi connectivity index (χ4n) is 2.18. The van der Waals surface area contributed by atoms with Crippen molar-refractivity contribution in [3.63, 3.8) is 0 Å². The van der Waals surface area contributed by atoms with E-state index in [2.05, 4.69) is 15.5 Å². The number of hydrogen-bond donors (Lipinski definition) is 2. The molecule has 1 heterocycles. The van der Waals surface area contributed by atoms with Gasteiger partial charge in [0.15, 0.2) is 0 Å². The smallest absolute Gasteiger partial charge is 0.273 e. The van der Waals surface area contributed by atoms with Crippen molar-refractivity contribution >= 4 is 23.2 Å². The Morgan fingerprint density at radius 3 is 2.65 bits per heavy atom. The maximum absolute atomic E-state index is 12.9. The highest BCUT2D eigenvalue weighted by atomic mass is 35.5. The number of rotatable bonds is 3. The van der Waals surface area contributed by atoms with Crippen LogP contribution in [0, 0.1) is 12.7 Å². The van der Waals surface area contributed by atoms with Crippen LogP contribution in [0.2, 0.25) is 5.02 Å². The van der Waals surface area contributed by atoms with Crippen LogP contribution < -0.4 is 5.32 Å². The third-order valence-corrected chi connectivity index (χ3v) is 3.74. The van der Waals surface area contributed by atoms with Crippen LogP contribution in [-0.4, -0.2) is 16.1 Å². The highest BCUT2D eigenvalue weighted by molar-refractivity contribution is 6.34. The van der Waals surface area contributed by atoms with Gasteiger partial charge in [-0.15, -0.1) is 0 Å². The van der Waals surface area contributed by atoms with Crippen molar-refractivity contribution in [1.29, 1.82) is 0 Å². The summed E-state index contributed by atoms with van der Waals surface area (Å²) in [4.78, 5) is 12.3. The van der Waals surface area contributed by atoms with Crippen LogP contribution in [0.15, 0.2) is 48.5 Å². The Kier molecular flexibility index (Phi) is 4.12. The first kappa shape index (κ1) is 15.2. The van der Waals surface area contributed by atoms with Gasteiger partial charge in [-0.1, -0.05) is 23.7 Å². The summed E-state index contributed by atoms with van der Waals surface area (Å²) in [6, 6.07) is 12.9. The van der Waals surface area contributed by atoms with Gasteiger partial charge in [0.05, 0.1) is 16.4 Å². The monoisotopic (exact) mass is 329 g/mol. The van der Waals surface area contributed by atoms with E-state index in [0.717, 1.165) is 11.1 Å². The van der Waals surface area contributed by atoms with Crippen molar-refractivity contribution in [1.82, 2.24) is 10.2 Å². The summed E-state index contributed by atoms with van der Waals surface area (Å²) in [5, 5.41) is 10.00. The quantitative estimate of drug-likeness (QED) is 0.746. The molecule has 0 fully saturated rings. The molecule has 116 valence electrons. The zero-order chi connectivity index (χ0) is 16.4. The van der Waals surface area contributed by atoms with Gasteiger partial charge in [0.25, 0.3) is 5.91 Å². The molecule has 1 aromatic heterocycles. The van der Waals surface area contributed by atoms with Crippen molar-refractivity contribution < 1.29 is 9.18 Å². The maximum Gasteiger partial charge on any atom is 0.273 e. The van der Waals surface area contributed by atoms with Gasteiger partial charge in [0.2, 0.25) is 0 Å². The second-order valence-corrected chi connectivity index (χ2v) is 5.47. The van der Waals surface area contributed by atoms with E-state index in [1.54, 1.807) is 24.3 Å². The SMILES string of the molecule is Cc1cccc(Cl)c1NC(=O)c1cc(-c2ccc(F)cc2)n[nH]1. The summed E-state index contributed by atoms with van der Waals surface area (Å²) >= 11 is 6.10. The van der Waals surface area contributed by atoms with Crippen LogP contribution in [-0.2, 0) is 0 Å². The van der Waals surface area contributed by atoms with Crippen molar-refractivity contribution in [3.8, 4) is 11.3 Å². The molecule has 1 amide bonds. The van der Waals surface area contributed by atoms with Crippen molar-refractivity contribution in [2.75, 3.05) is 5.32 Å². The van der Waals surface area contributed by atoms with Gasteiger partial charge in [0.1, 0.15) is 11.5 Å². The third kappa shape index (κ3) is 3.24. The number of halogens is 2. The Labute approximate surface area is 137 Å². The van der Waals surface area contributed by atoms with E-state index in [1.807, 2.05) is 19.1 Å². The van der Waals surface area contributed by atoms with E-state index in [4.69, 9.17) is 11.6 Å². The second kappa shape index (κ2) is 6.22. The van der Waals surface area contributed by atoms with E-state index in [0.29, 0.717) is 22.1 Å². The lowest BCUT2D eigenvalue weighted by Crippen LogP contribution is -2.13. The number of amides is 1. The number of aromatic nitrogens is 2. The predicted octanol–water partition coefficient (Wildman–Crippen LogP) is 4.43. The minimum absolute atomic E-state index is 0.295. The molecule has 0 saturated heterocycles. The van der Waals surface area contributed by atoms with Crippen LogP contribution >= 0.6 is 11.6 Å². The van der Waals surface area contributed by atoms with Crippen LogP contribution in [0.25, 0.3) is 11.3 Å². The van der Waals surface area contributed by atoms with Crippen LogP contribution in [0.3, 0.4) is 0 Å². The van der Waals surface area contributed by atoms with Crippen molar-refractivity contribution in [2.45, 2.75) is 6.92 Å². The predicted molar refractivity (Wildman–Crippen MR) is 88.1 cm³/mol. The molecule has 0 unspecified atom stereocenters. The van der Waals surface area contributed by atoms with E-state index in [1.165, 1.54) is 12.1 Å². The lowest BCUT2D eigenvalue weighted by molar-refractivity contribution is 0.102. The summed E-state index contributed by atoms with van der Waals surface area (Å²) in [5.41, 5.74) is 3.01. The number of anilines is 1. The molecule has 2 aromatic carbocycles. The minimum Gasteiger partial charge on any atom is -0.319 e. The van der Waals surface area contributed by atoms with Crippen molar-refractivity contribution in [2.24, 2.45) is 0 Å². The zero-order valence-electron chi connectivity index (χ0n) is 12.2. The first-order valence-corrected chi connectivity index (χ1v) is 7.30. The summed E-state index contributed by atoms with van der Waals surface area (Å²) in [5.74, 6) is -0.668. The number of hydrogen-bond acceptors (Lipinski definition) is 2. The molecule has 0 aliphatic rings. The number of aromatic amines is 1. The second-order valence-electron chi connectivity index (χ2n) is 5.06. The van der Waals surface area contributed by atoms with E-state index < -0.39 is 0 Å². The summed E-state index contributed by atoms with van der Waals surface area (Å²) < 4.78 is 12.9. The normalized spacial score (nSPS) is 10.6. The highest BCUT2D eigenvalue weighted by Crippen LogP contribution is 2.26. The number of aryl methyl sites for hydroxylation is 1. The minimum atomic E-state index is -0.345. The average molecular weight is 330 g/mol. The maximum atomic E-state index is 12.9. The summed E-state index contributed by atoms with van der Waals surface area (Å²) in [6.45, 7) is 1.86. The average Bonchev–Trinajstić information content (AvgIpc) is 3.02. The molecule has 0 saturated carbocycles. The number of H-pyrrole nitrogens is 1. The number of carbonyl (C=O) groups excluding carboxylic acids is 1. The lowest BCUT2D eigenvalue weighted by Gasteiger charge is -2.08. The van der Waals surface area contributed by atoms with Gasteiger partial charge in [-0.05, 0) is 48.9 Å².